The van der Waals surface area contributed by atoms with Crippen LogP contribution in [-0.4, -0.2) is 35.3 Å². The van der Waals surface area contributed by atoms with Gasteiger partial charge in [-0.3, -0.25) is 0 Å². The van der Waals surface area contributed by atoms with Gasteiger partial charge in [-0.25, -0.2) is 0 Å². The summed E-state index contributed by atoms with van der Waals surface area (Å²) in [6.07, 6.45) is 1.02. The highest BCUT2D eigenvalue weighted by molar-refractivity contribution is 7.99. The molecule has 0 aromatic carbocycles. The molecule has 3 heteroatoms. The quantitative estimate of drug-likeness (QED) is 0.617. The second-order valence-electron chi connectivity index (χ2n) is 2.77. The Morgan fingerprint density at radius 1 is 1.70 bits per heavy atom. The summed E-state index contributed by atoms with van der Waals surface area (Å²) in [7, 11) is 0. The second-order valence-corrected chi connectivity index (χ2v) is 3.88. The highest BCUT2D eigenvalue weighted by Crippen LogP contribution is 2.20. The molecule has 0 spiro atoms. The molecule has 1 heterocycles. The lowest BCUT2D eigenvalue weighted by molar-refractivity contribution is 0.174. The average molecular weight is 161 g/mol. The number of aliphatic hydroxyl groups excluding tert-OH is 1. The van der Waals surface area contributed by atoms with Crippen LogP contribution in [0, 0.1) is 0 Å². The third-order valence-corrected chi connectivity index (χ3v) is 3.35. The molecule has 60 valence electrons. The third kappa shape index (κ3) is 1.65. The van der Waals surface area contributed by atoms with E-state index in [9.17, 15) is 0 Å². The summed E-state index contributed by atoms with van der Waals surface area (Å²) in [6, 6.07) is 0. The molecule has 2 N–H and O–H groups in total. The van der Waals surface area contributed by atoms with Gasteiger partial charge < -0.3 is 10.4 Å². The summed E-state index contributed by atoms with van der Waals surface area (Å²) in [5.41, 5.74) is 0.0307. The van der Waals surface area contributed by atoms with Crippen molar-refractivity contribution in [2.75, 3.05) is 24.7 Å². The van der Waals surface area contributed by atoms with Crippen molar-refractivity contribution in [3.05, 3.63) is 0 Å². The Hall–Kier alpha value is 0.270. The standard InChI is InChI=1S/C7H15NOS/c1-2-7(5-9)6-10-4-3-8-7/h8-9H,2-6H2,1H3. The van der Waals surface area contributed by atoms with Crippen LogP contribution < -0.4 is 5.32 Å². The Balaban J connectivity index is 2.44. The van der Waals surface area contributed by atoms with Crippen molar-refractivity contribution in [3.63, 3.8) is 0 Å². The molecule has 1 atom stereocenters. The number of nitrogens with one attached hydrogen (secondary N) is 1. The molecule has 1 rings (SSSR count). The molecule has 1 aliphatic rings. The monoisotopic (exact) mass is 161 g/mol. The molecule has 0 amide bonds. The van der Waals surface area contributed by atoms with Crippen LogP contribution >= 0.6 is 11.8 Å². The van der Waals surface area contributed by atoms with Gasteiger partial charge in [-0.05, 0) is 6.42 Å². The topological polar surface area (TPSA) is 32.3 Å². The van der Waals surface area contributed by atoms with Crippen molar-refractivity contribution < 1.29 is 5.11 Å². The first-order chi connectivity index (χ1) is 4.83. The molecule has 1 unspecified atom stereocenters. The van der Waals surface area contributed by atoms with Crippen LogP contribution in [0.1, 0.15) is 13.3 Å². The van der Waals surface area contributed by atoms with Gasteiger partial charge in [0.1, 0.15) is 0 Å². The van der Waals surface area contributed by atoms with E-state index in [0.29, 0.717) is 0 Å². The summed E-state index contributed by atoms with van der Waals surface area (Å²) in [6.45, 7) is 3.44. The Bertz CT molecular complexity index is 95.8. The van der Waals surface area contributed by atoms with Crippen LogP contribution in [-0.2, 0) is 0 Å². The van der Waals surface area contributed by atoms with Crippen molar-refractivity contribution in [2.24, 2.45) is 0 Å². The summed E-state index contributed by atoms with van der Waals surface area (Å²) in [5.74, 6) is 2.24. The zero-order valence-electron chi connectivity index (χ0n) is 6.39. The highest BCUT2D eigenvalue weighted by atomic mass is 32.2. The summed E-state index contributed by atoms with van der Waals surface area (Å²) in [5, 5.41) is 12.4. The lowest BCUT2D eigenvalue weighted by Crippen LogP contribution is -2.53. The fourth-order valence-electron chi connectivity index (χ4n) is 1.15. The molecule has 1 saturated heterocycles. The maximum Gasteiger partial charge on any atom is 0.0621 e. The van der Waals surface area contributed by atoms with Gasteiger partial charge in [0.25, 0.3) is 0 Å². The van der Waals surface area contributed by atoms with Crippen molar-refractivity contribution in [1.82, 2.24) is 5.32 Å². The summed E-state index contributed by atoms with van der Waals surface area (Å²) in [4.78, 5) is 0. The van der Waals surface area contributed by atoms with E-state index in [2.05, 4.69) is 12.2 Å². The molecule has 0 radical (unpaired) electrons. The van der Waals surface area contributed by atoms with Gasteiger partial charge in [0.2, 0.25) is 0 Å². The predicted molar refractivity (Wildman–Crippen MR) is 45.4 cm³/mol. The maximum absolute atomic E-state index is 9.07. The van der Waals surface area contributed by atoms with Crippen LogP contribution in [0.15, 0.2) is 0 Å². The van der Waals surface area contributed by atoms with Crippen molar-refractivity contribution >= 4 is 11.8 Å². The van der Waals surface area contributed by atoms with Crippen LogP contribution in [0.25, 0.3) is 0 Å². The summed E-state index contributed by atoms with van der Waals surface area (Å²) < 4.78 is 0. The van der Waals surface area contributed by atoms with Gasteiger partial charge in [-0.2, -0.15) is 11.8 Å². The Morgan fingerprint density at radius 2 is 2.50 bits per heavy atom. The minimum Gasteiger partial charge on any atom is -0.394 e. The van der Waals surface area contributed by atoms with E-state index in [0.717, 1.165) is 18.7 Å². The molecule has 1 aliphatic heterocycles. The SMILES string of the molecule is CCC1(CO)CSCCN1. The van der Waals surface area contributed by atoms with Crippen LogP contribution in [0.3, 0.4) is 0 Å². The Kier molecular flexibility index (Phi) is 3.01. The molecule has 1 fully saturated rings. The molecular formula is C7H15NOS. The van der Waals surface area contributed by atoms with E-state index in [1.165, 1.54) is 5.75 Å². The van der Waals surface area contributed by atoms with Gasteiger partial charge in [0.05, 0.1) is 12.1 Å². The zero-order chi connectivity index (χ0) is 7.45. The van der Waals surface area contributed by atoms with E-state index in [1.54, 1.807) is 0 Å². The smallest absolute Gasteiger partial charge is 0.0621 e. The zero-order valence-corrected chi connectivity index (χ0v) is 7.21. The van der Waals surface area contributed by atoms with Gasteiger partial charge in [0, 0.05) is 18.1 Å². The number of hydrogen-bond donors (Lipinski definition) is 2. The molecule has 0 saturated carbocycles. The molecule has 0 aromatic rings. The third-order valence-electron chi connectivity index (χ3n) is 2.10. The van der Waals surface area contributed by atoms with E-state index in [1.807, 2.05) is 11.8 Å². The number of thioether (sulfide) groups is 1. The van der Waals surface area contributed by atoms with Gasteiger partial charge >= 0.3 is 0 Å². The molecule has 2 nitrogen and oxygen atoms in total. The predicted octanol–water partition coefficient (Wildman–Crippen LogP) is 0.464. The lowest BCUT2D eigenvalue weighted by Gasteiger charge is -2.35. The molecular weight excluding hydrogens is 146 g/mol. The number of rotatable bonds is 2. The van der Waals surface area contributed by atoms with Gasteiger partial charge in [-0.15, -0.1) is 0 Å². The van der Waals surface area contributed by atoms with Gasteiger partial charge in [0.15, 0.2) is 0 Å². The summed E-state index contributed by atoms with van der Waals surface area (Å²) >= 11 is 1.93. The van der Waals surface area contributed by atoms with Crippen molar-refractivity contribution in [3.8, 4) is 0 Å². The number of hydrogen-bond acceptors (Lipinski definition) is 3. The first-order valence-corrected chi connectivity index (χ1v) is 4.92. The van der Waals surface area contributed by atoms with Crippen molar-refractivity contribution in [2.45, 2.75) is 18.9 Å². The maximum atomic E-state index is 9.07. The average Bonchev–Trinajstić information content (AvgIpc) is 2.06. The first kappa shape index (κ1) is 8.37. The van der Waals surface area contributed by atoms with E-state index < -0.39 is 0 Å². The Labute approximate surface area is 66.4 Å². The van der Waals surface area contributed by atoms with Crippen LogP contribution in [0.4, 0.5) is 0 Å². The first-order valence-electron chi connectivity index (χ1n) is 3.76. The normalized spacial score (nSPS) is 34.2. The molecule has 0 bridgehead atoms. The second kappa shape index (κ2) is 3.60. The largest absolute Gasteiger partial charge is 0.394 e. The van der Waals surface area contributed by atoms with E-state index in [-0.39, 0.29) is 12.1 Å². The minimum absolute atomic E-state index is 0.0307. The van der Waals surface area contributed by atoms with Gasteiger partial charge in [-0.1, -0.05) is 6.92 Å². The minimum atomic E-state index is 0.0307. The van der Waals surface area contributed by atoms with Crippen molar-refractivity contribution in [1.29, 1.82) is 0 Å². The fraction of sp³-hybridized carbons (Fsp3) is 1.00. The number of aliphatic hydroxyl groups is 1. The Morgan fingerprint density at radius 3 is 2.80 bits per heavy atom. The fourth-order valence-corrected chi connectivity index (χ4v) is 2.33. The molecule has 0 aliphatic carbocycles. The van der Waals surface area contributed by atoms with E-state index in [4.69, 9.17) is 5.11 Å². The molecule has 0 aromatic heterocycles. The van der Waals surface area contributed by atoms with Crippen LogP contribution in [0.5, 0.6) is 0 Å². The van der Waals surface area contributed by atoms with Crippen LogP contribution in [0.2, 0.25) is 0 Å². The lowest BCUT2D eigenvalue weighted by atomic mass is 10.00. The van der Waals surface area contributed by atoms with E-state index >= 15 is 0 Å². The highest BCUT2D eigenvalue weighted by Gasteiger charge is 2.28. The molecule has 10 heavy (non-hydrogen) atoms.